The summed E-state index contributed by atoms with van der Waals surface area (Å²) in [6, 6.07) is -9.05. The fourth-order valence-electron chi connectivity index (χ4n) is 7.11. The summed E-state index contributed by atoms with van der Waals surface area (Å²) < 4.78 is 0. The average molecular weight is 1190 g/mol. The highest BCUT2D eigenvalue weighted by Crippen LogP contribution is 2.15. The second kappa shape index (κ2) is 32.0. The van der Waals surface area contributed by atoms with Crippen LogP contribution in [0.4, 0.5) is 11.6 Å². The summed E-state index contributed by atoms with van der Waals surface area (Å²) in [6.45, 7) is -3.94. The zero-order valence-corrected chi connectivity index (χ0v) is 43.3. The molecule has 0 bridgehead atoms. The Balaban J connectivity index is 1.87. The summed E-state index contributed by atoms with van der Waals surface area (Å²) in [5, 5.41) is 166. The number of H-pyrrole nitrogens is 1. The maximum Gasteiger partial charge on any atom is 0.327 e. The smallest absolute Gasteiger partial charge is 0.327 e. The van der Waals surface area contributed by atoms with Crippen LogP contribution in [0.1, 0.15) is 35.3 Å². The number of rotatable bonds is 34. The van der Waals surface area contributed by atoms with Gasteiger partial charge in [-0.3, -0.25) is 43.3 Å². The van der Waals surface area contributed by atoms with Gasteiger partial charge in [-0.2, -0.15) is 17.6 Å². The Hall–Kier alpha value is -7.86. The number of aromatic amines is 1. The van der Waals surface area contributed by atoms with Crippen molar-refractivity contribution >= 4 is 88.8 Å². The van der Waals surface area contributed by atoms with E-state index in [-0.39, 0.29) is 29.2 Å². The molecule has 2 aromatic heterocycles. The molecule has 3 rings (SSSR count). The van der Waals surface area contributed by atoms with Crippen LogP contribution in [-0.4, -0.2) is 267 Å². The fraction of sp³-hybridized carbons (Fsp3) is 0.523. The predicted molar refractivity (Wildman–Crippen MR) is 273 cm³/mol. The quantitative estimate of drug-likeness (QED) is 0.0247. The summed E-state index contributed by atoms with van der Waals surface area (Å²) >= 11 is 3.75. The molecule has 38 heteroatoms. The number of aliphatic carboxylic acids is 3. The number of carboxylic acids is 3. The maximum absolute atomic E-state index is 13.9. The molecular formula is C44H62N12O25S. The Bertz CT molecular complexity index is 2780. The van der Waals surface area contributed by atoms with Crippen molar-refractivity contribution in [3.05, 3.63) is 52.1 Å². The van der Waals surface area contributed by atoms with Crippen molar-refractivity contribution in [2.75, 3.05) is 36.6 Å². The number of benzene rings is 1. The molecule has 0 saturated heterocycles. The molecule has 25 N–H and O–H groups in total. The van der Waals surface area contributed by atoms with Crippen molar-refractivity contribution in [2.24, 2.45) is 0 Å². The molecule has 2 heterocycles. The van der Waals surface area contributed by atoms with Crippen molar-refractivity contribution in [3.8, 4) is 0 Å². The molecule has 3 aromatic rings. The summed E-state index contributed by atoms with van der Waals surface area (Å²) in [6.07, 6.45) is -25.0. The van der Waals surface area contributed by atoms with E-state index in [4.69, 9.17) is 5.73 Å². The third-order valence-corrected chi connectivity index (χ3v) is 12.1. The minimum Gasteiger partial charge on any atom is -0.481 e. The van der Waals surface area contributed by atoms with Gasteiger partial charge in [-0.15, -0.1) is 0 Å². The molecule has 6 amide bonds. The van der Waals surface area contributed by atoms with E-state index in [1.165, 1.54) is 30.5 Å². The van der Waals surface area contributed by atoms with Crippen LogP contribution < -0.4 is 48.5 Å². The first kappa shape index (κ1) is 68.4. The van der Waals surface area contributed by atoms with E-state index in [9.17, 15) is 125 Å². The number of aromatic nitrogens is 4. The lowest BCUT2D eigenvalue weighted by molar-refractivity contribution is -0.148. The highest BCUT2D eigenvalue weighted by Gasteiger charge is 2.44. The number of amides is 6. The first-order valence-electron chi connectivity index (χ1n) is 23.9. The van der Waals surface area contributed by atoms with E-state index in [1.54, 1.807) is 21.3 Å². The highest BCUT2D eigenvalue weighted by atomic mass is 32.1. The number of thiol groups is 1. The second-order valence-corrected chi connectivity index (χ2v) is 18.1. The summed E-state index contributed by atoms with van der Waals surface area (Å²) in [5.41, 5.74) is 5.43. The number of carboxylic acid groups (broad SMARTS) is 3. The van der Waals surface area contributed by atoms with Crippen LogP contribution in [0.3, 0.4) is 0 Å². The Morgan fingerprint density at radius 2 is 1.05 bits per heavy atom. The molecule has 0 aliphatic carbocycles. The zero-order valence-electron chi connectivity index (χ0n) is 42.4. The van der Waals surface area contributed by atoms with Gasteiger partial charge in [-0.1, -0.05) is 0 Å². The standard InChI is InChI=1S/C44H62N12O25S/c45-44-55-35-28(41(77)56-44)48-16(9-47-35)8-46-15-3-1-14(2-4-15)36(72)49-17(42(78)79)5-6-23(63)52-25(32(69)29(66)20(60)10-57)38(74)50-18(7-24(64)65)37(73)53-27(34(71)31(68)22(62)12-59)40(76)54-26(33(70)30(67)21(61)11-58)39(75)51-19(13-82)43(80)81/h1-4,9,17-22,25-27,29-34,46,57-62,66-71,82H,5-8,10-13H2,(H,49,72)(H,50,74)(H,51,75)(H,52,63)(H,53,73)(H,54,76)(H,64,65)(H,78,79)(H,80,81)(H3,45,47,55,56,77)/t17-,18-,19-,20+,21+,22+,25?,26-,27?,29+,30+,31+,32+,33+,34+/m0/s1. The van der Waals surface area contributed by atoms with Crippen molar-refractivity contribution in [1.82, 2.24) is 51.8 Å². The number of fused-ring (bicyclic) bond motifs is 1. The number of aliphatic hydroxyl groups is 12. The van der Waals surface area contributed by atoms with Gasteiger partial charge < -0.3 is 120 Å². The van der Waals surface area contributed by atoms with Gasteiger partial charge in [0.2, 0.25) is 35.5 Å². The van der Waals surface area contributed by atoms with Gasteiger partial charge in [0.05, 0.1) is 44.7 Å². The maximum atomic E-state index is 13.9. The molecule has 0 aliphatic heterocycles. The zero-order chi connectivity index (χ0) is 61.9. The lowest BCUT2D eigenvalue weighted by atomic mass is 9.96. The molecule has 0 fully saturated rings. The Morgan fingerprint density at radius 1 is 0.585 bits per heavy atom. The monoisotopic (exact) mass is 1190 g/mol. The first-order chi connectivity index (χ1) is 38.5. The Kier molecular flexibility index (Phi) is 26.7. The third kappa shape index (κ3) is 19.4. The molecule has 0 saturated carbocycles. The number of nitrogen functional groups attached to an aromatic ring is 1. The molecule has 37 nitrogen and oxygen atoms in total. The van der Waals surface area contributed by atoms with Crippen LogP contribution >= 0.6 is 12.6 Å². The summed E-state index contributed by atoms with van der Waals surface area (Å²) in [7, 11) is 0. The van der Waals surface area contributed by atoms with Crippen molar-refractivity contribution in [2.45, 2.75) is 117 Å². The van der Waals surface area contributed by atoms with Crippen LogP contribution in [0.15, 0.2) is 35.3 Å². The van der Waals surface area contributed by atoms with Crippen LogP contribution in [-0.2, 0) is 44.9 Å². The van der Waals surface area contributed by atoms with Gasteiger partial charge in [-0.05, 0) is 30.7 Å². The third-order valence-electron chi connectivity index (χ3n) is 11.8. The van der Waals surface area contributed by atoms with Gasteiger partial charge >= 0.3 is 17.9 Å². The van der Waals surface area contributed by atoms with E-state index >= 15 is 0 Å². The van der Waals surface area contributed by atoms with E-state index in [0.29, 0.717) is 11.4 Å². The molecule has 454 valence electrons. The van der Waals surface area contributed by atoms with E-state index in [1.807, 2.05) is 5.32 Å². The fourth-order valence-corrected chi connectivity index (χ4v) is 7.36. The lowest BCUT2D eigenvalue weighted by Crippen LogP contribution is -2.67. The van der Waals surface area contributed by atoms with Crippen molar-refractivity contribution in [3.63, 3.8) is 0 Å². The van der Waals surface area contributed by atoms with Crippen LogP contribution in [0.2, 0.25) is 0 Å². The number of carbonyl (C=O) groups is 9. The number of hydrogen-bond acceptors (Lipinski definition) is 28. The van der Waals surface area contributed by atoms with Crippen LogP contribution in [0.25, 0.3) is 11.2 Å². The highest BCUT2D eigenvalue weighted by molar-refractivity contribution is 7.80. The van der Waals surface area contributed by atoms with Crippen molar-refractivity contribution < 1.29 is 120 Å². The minimum absolute atomic E-state index is 0.00368. The number of anilines is 2. The topological polar surface area (TPSA) is 639 Å². The van der Waals surface area contributed by atoms with Crippen LogP contribution in [0.5, 0.6) is 0 Å². The van der Waals surface area contributed by atoms with Crippen molar-refractivity contribution in [1.29, 1.82) is 0 Å². The van der Waals surface area contributed by atoms with E-state index in [0.717, 1.165) is 0 Å². The van der Waals surface area contributed by atoms with E-state index in [2.05, 4.69) is 43.2 Å². The SMILES string of the molecule is Nc1nc2ncc(CNc3ccc(C(=O)N[C@@H](CCC(=O)NC(C(=O)N[C@@H](CC(=O)O)C(=O)NC(C(=O)N[C@H](C(=O)N[C@@H](CS)C(=O)O)[C@@H](O)[C@H](O)[C@H](O)CO)[C@@H](O)[C@H](O)[C@H](O)CO)[C@@H](O)[C@H](O)[C@H](O)CO)C(=O)O)cc3)nc2c(=O)[nH]1. The van der Waals surface area contributed by atoms with Gasteiger partial charge in [0.1, 0.15) is 91.2 Å². The molecule has 0 spiro atoms. The predicted octanol–water partition coefficient (Wildman–Crippen LogP) is -12.0. The average Bonchev–Trinajstić information content (AvgIpc) is 3.62. The normalized spacial score (nSPS) is 16.9. The minimum atomic E-state index is -2.87. The lowest BCUT2D eigenvalue weighted by Gasteiger charge is -2.33. The molecule has 82 heavy (non-hydrogen) atoms. The molecular weight excluding hydrogens is 1130 g/mol. The summed E-state index contributed by atoms with van der Waals surface area (Å²) in [5.74, 6) is -16.0. The number of nitrogens with zero attached hydrogens (tertiary/aromatic N) is 3. The number of carbonyl (C=O) groups excluding carboxylic acids is 6. The Labute approximate surface area is 465 Å². The molecule has 15 atom stereocenters. The van der Waals surface area contributed by atoms with Gasteiger partial charge in [0, 0.05) is 23.4 Å². The largest absolute Gasteiger partial charge is 0.481 e. The first-order valence-corrected chi connectivity index (χ1v) is 24.5. The number of nitrogens with two attached hydrogens (primary N) is 1. The Morgan fingerprint density at radius 3 is 1.51 bits per heavy atom. The van der Waals surface area contributed by atoms with Gasteiger partial charge in [0.15, 0.2) is 11.2 Å². The van der Waals surface area contributed by atoms with Gasteiger partial charge in [0.25, 0.3) is 11.5 Å². The number of nitrogens with one attached hydrogen (secondary N) is 8. The molecule has 1 aromatic carbocycles. The van der Waals surface area contributed by atoms with Crippen LogP contribution in [0, 0.1) is 0 Å². The second-order valence-electron chi connectivity index (χ2n) is 17.8. The van der Waals surface area contributed by atoms with E-state index < -0.39 is 195 Å². The molecule has 0 aliphatic rings. The summed E-state index contributed by atoms with van der Waals surface area (Å²) in [4.78, 5) is 144. The molecule has 0 radical (unpaired) electrons. The number of aliphatic hydroxyl groups excluding tert-OH is 12. The number of hydrogen-bond donors (Lipinski definition) is 25. The molecule has 2 unspecified atom stereocenters. The van der Waals surface area contributed by atoms with Gasteiger partial charge in [-0.25, -0.2) is 19.6 Å².